The molecule has 0 radical (unpaired) electrons. The van der Waals surface area contributed by atoms with Crippen molar-refractivity contribution in [2.45, 2.75) is 20.4 Å². The summed E-state index contributed by atoms with van der Waals surface area (Å²) in [5.74, 6) is 0.668. The van der Waals surface area contributed by atoms with Crippen LogP contribution in [0.1, 0.15) is 17.3 Å². The molecule has 1 aromatic heterocycles. The van der Waals surface area contributed by atoms with Crippen molar-refractivity contribution in [1.29, 1.82) is 0 Å². The van der Waals surface area contributed by atoms with Gasteiger partial charge in [-0.15, -0.1) is 0 Å². The van der Waals surface area contributed by atoms with Crippen molar-refractivity contribution in [2.24, 2.45) is 0 Å². The molecule has 0 unspecified atom stereocenters. The first-order valence-corrected chi connectivity index (χ1v) is 6.23. The Balaban J connectivity index is 1.78. The molecule has 0 saturated heterocycles. The van der Waals surface area contributed by atoms with Crippen LogP contribution in [0.5, 0.6) is 0 Å². The maximum Gasteiger partial charge on any atom is 0.238 e. The van der Waals surface area contributed by atoms with Gasteiger partial charge < -0.3 is 9.73 Å². The second kappa shape index (κ2) is 6.29. The summed E-state index contributed by atoms with van der Waals surface area (Å²) in [4.78, 5) is 15.8. The minimum atomic E-state index is -0.388. The zero-order valence-corrected chi connectivity index (χ0v) is 11.4. The standard InChI is InChI=1S/C14H16FN3O2/c1-9-10(2)20-14(17-9)8-16-7-13(19)18-12-5-3-4-11(15)6-12/h3-6,16H,7-8H2,1-2H3,(H,18,19). The number of nitrogens with one attached hydrogen (secondary N) is 2. The van der Waals surface area contributed by atoms with Gasteiger partial charge in [-0.1, -0.05) is 6.07 Å². The van der Waals surface area contributed by atoms with Crippen LogP contribution in [0, 0.1) is 19.7 Å². The van der Waals surface area contributed by atoms with Gasteiger partial charge in [0.1, 0.15) is 11.6 Å². The van der Waals surface area contributed by atoms with Crippen molar-refractivity contribution in [3.63, 3.8) is 0 Å². The van der Waals surface area contributed by atoms with Crippen LogP contribution >= 0.6 is 0 Å². The monoisotopic (exact) mass is 277 g/mol. The van der Waals surface area contributed by atoms with E-state index in [2.05, 4.69) is 15.6 Å². The molecular weight excluding hydrogens is 261 g/mol. The fraction of sp³-hybridized carbons (Fsp3) is 0.286. The Kier molecular flexibility index (Phi) is 4.47. The molecule has 1 heterocycles. The van der Waals surface area contributed by atoms with Gasteiger partial charge in [-0.2, -0.15) is 0 Å². The molecule has 0 atom stereocenters. The number of hydrogen-bond acceptors (Lipinski definition) is 4. The largest absolute Gasteiger partial charge is 0.444 e. The van der Waals surface area contributed by atoms with E-state index < -0.39 is 0 Å². The lowest BCUT2D eigenvalue weighted by Gasteiger charge is -2.05. The van der Waals surface area contributed by atoms with Gasteiger partial charge in [-0.3, -0.25) is 10.1 Å². The fourth-order valence-corrected chi connectivity index (χ4v) is 1.67. The average molecular weight is 277 g/mol. The van der Waals surface area contributed by atoms with E-state index in [1.807, 2.05) is 13.8 Å². The van der Waals surface area contributed by atoms with Crippen LogP contribution in [0.2, 0.25) is 0 Å². The fourth-order valence-electron chi connectivity index (χ4n) is 1.67. The van der Waals surface area contributed by atoms with Crippen LogP contribution in [0.15, 0.2) is 28.7 Å². The molecule has 0 saturated carbocycles. The van der Waals surface area contributed by atoms with Crippen molar-refractivity contribution in [1.82, 2.24) is 10.3 Å². The van der Waals surface area contributed by atoms with Crippen LogP contribution in [-0.4, -0.2) is 17.4 Å². The summed E-state index contributed by atoms with van der Waals surface area (Å²) in [6.45, 7) is 4.16. The number of oxazole rings is 1. The summed E-state index contributed by atoms with van der Waals surface area (Å²) in [5, 5.41) is 5.51. The van der Waals surface area contributed by atoms with Crippen molar-refractivity contribution < 1.29 is 13.6 Å². The molecule has 106 valence electrons. The molecule has 0 aliphatic heterocycles. The van der Waals surface area contributed by atoms with E-state index in [-0.39, 0.29) is 18.3 Å². The maximum absolute atomic E-state index is 12.9. The Morgan fingerprint density at radius 1 is 1.40 bits per heavy atom. The first kappa shape index (κ1) is 14.2. The number of rotatable bonds is 5. The third-order valence-electron chi connectivity index (χ3n) is 2.74. The summed E-state index contributed by atoms with van der Waals surface area (Å²) in [7, 11) is 0. The molecule has 0 bridgehead atoms. The van der Waals surface area contributed by atoms with Crippen LogP contribution in [0.25, 0.3) is 0 Å². The van der Waals surface area contributed by atoms with Crippen molar-refractivity contribution in [2.75, 3.05) is 11.9 Å². The first-order chi connectivity index (χ1) is 9.54. The lowest BCUT2D eigenvalue weighted by molar-refractivity contribution is -0.115. The Morgan fingerprint density at radius 3 is 2.85 bits per heavy atom. The van der Waals surface area contributed by atoms with Crippen LogP contribution in [0.4, 0.5) is 10.1 Å². The molecule has 0 aliphatic carbocycles. The molecule has 2 N–H and O–H groups in total. The molecule has 2 rings (SSSR count). The highest BCUT2D eigenvalue weighted by molar-refractivity contribution is 5.92. The van der Waals surface area contributed by atoms with Crippen LogP contribution in [-0.2, 0) is 11.3 Å². The lowest BCUT2D eigenvalue weighted by Crippen LogP contribution is -2.27. The predicted molar refractivity (Wildman–Crippen MR) is 72.7 cm³/mol. The summed E-state index contributed by atoms with van der Waals surface area (Å²) >= 11 is 0. The Labute approximate surface area is 116 Å². The van der Waals surface area contributed by atoms with Crippen molar-refractivity contribution >= 4 is 11.6 Å². The first-order valence-electron chi connectivity index (χ1n) is 6.23. The number of hydrogen-bond donors (Lipinski definition) is 2. The SMILES string of the molecule is Cc1nc(CNCC(=O)Nc2cccc(F)c2)oc1C. The highest BCUT2D eigenvalue weighted by Crippen LogP contribution is 2.09. The number of carbonyl (C=O) groups is 1. The lowest BCUT2D eigenvalue weighted by atomic mass is 10.3. The Bertz CT molecular complexity index is 591. The highest BCUT2D eigenvalue weighted by Gasteiger charge is 2.07. The topological polar surface area (TPSA) is 67.2 Å². The Morgan fingerprint density at radius 2 is 2.20 bits per heavy atom. The van der Waals surface area contributed by atoms with Gasteiger partial charge in [-0.25, -0.2) is 9.37 Å². The van der Waals surface area contributed by atoms with E-state index in [1.54, 1.807) is 6.07 Å². The van der Waals surface area contributed by atoms with Gasteiger partial charge in [0.05, 0.1) is 18.8 Å². The molecule has 1 amide bonds. The van der Waals surface area contributed by atoms with E-state index in [0.717, 1.165) is 11.5 Å². The van der Waals surface area contributed by atoms with E-state index in [9.17, 15) is 9.18 Å². The average Bonchev–Trinajstić information content (AvgIpc) is 2.68. The molecule has 0 aliphatic rings. The molecule has 6 heteroatoms. The van der Waals surface area contributed by atoms with E-state index in [4.69, 9.17) is 4.42 Å². The quantitative estimate of drug-likeness (QED) is 0.879. The normalized spacial score (nSPS) is 10.6. The molecule has 0 spiro atoms. The summed E-state index contributed by atoms with van der Waals surface area (Å²) < 4.78 is 18.3. The third-order valence-corrected chi connectivity index (χ3v) is 2.74. The van der Waals surface area contributed by atoms with Gasteiger partial charge >= 0.3 is 0 Å². The zero-order chi connectivity index (χ0) is 14.5. The molecule has 0 fully saturated rings. The number of halogens is 1. The predicted octanol–water partition coefficient (Wildman–Crippen LogP) is 2.16. The molecule has 5 nitrogen and oxygen atoms in total. The van der Waals surface area contributed by atoms with Gasteiger partial charge in [0, 0.05) is 5.69 Å². The summed E-state index contributed by atoms with van der Waals surface area (Å²) in [6.07, 6.45) is 0. The molecular formula is C14H16FN3O2. The minimum absolute atomic E-state index is 0.0942. The molecule has 2 aromatic rings. The van der Waals surface area contributed by atoms with E-state index in [0.29, 0.717) is 18.1 Å². The number of anilines is 1. The number of amides is 1. The number of aryl methyl sites for hydroxylation is 2. The molecule has 20 heavy (non-hydrogen) atoms. The number of nitrogens with zero attached hydrogens (tertiary/aromatic N) is 1. The summed E-state index contributed by atoms with van der Waals surface area (Å²) in [6, 6.07) is 5.75. The van der Waals surface area contributed by atoms with Crippen LogP contribution < -0.4 is 10.6 Å². The van der Waals surface area contributed by atoms with E-state index >= 15 is 0 Å². The third kappa shape index (κ3) is 3.89. The van der Waals surface area contributed by atoms with Crippen molar-refractivity contribution in [3.05, 3.63) is 47.4 Å². The summed E-state index contributed by atoms with van der Waals surface area (Å²) in [5.41, 5.74) is 1.27. The van der Waals surface area contributed by atoms with Gasteiger partial charge in [0.15, 0.2) is 0 Å². The minimum Gasteiger partial charge on any atom is -0.444 e. The van der Waals surface area contributed by atoms with E-state index in [1.165, 1.54) is 18.2 Å². The maximum atomic E-state index is 12.9. The second-order valence-electron chi connectivity index (χ2n) is 4.41. The van der Waals surface area contributed by atoms with Gasteiger partial charge in [0.25, 0.3) is 0 Å². The Hall–Kier alpha value is -2.21. The second-order valence-corrected chi connectivity index (χ2v) is 4.41. The number of benzene rings is 1. The number of aromatic nitrogens is 1. The van der Waals surface area contributed by atoms with Crippen molar-refractivity contribution in [3.8, 4) is 0 Å². The smallest absolute Gasteiger partial charge is 0.238 e. The zero-order valence-electron chi connectivity index (χ0n) is 11.4. The molecule has 1 aromatic carbocycles. The number of carbonyl (C=O) groups excluding carboxylic acids is 1. The van der Waals surface area contributed by atoms with Gasteiger partial charge in [0.2, 0.25) is 11.8 Å². The highest BCUT2D eigenvalue weighted by atomic mass is 19.1. The van der Waals surface area contributed by atoms with Gasteiger partial charge in [-0.05, 0) is 32.0 Å². The van der Waals surface area contributed by atoms with Crippen LogP contribution in [0.3, 0.4) is 0 Å².